The third-order valence-electron chi connectivity index (χ3n) is 4.34. The Morgan fingerprint density at radius 2 is 1.46 bits per heavy atom. The Kier molecular flexibility index (Phi) is 10.6. The summed E-state index contributed by atoms with van der Waals surface area (Å²) in [7, 11) is 0. The molecule has 0 fully saturated rings. The van der Waals surface area contributed by atoms with E-state index in [0.29, 0.717) is 22.2 Å². The van der Waals surface area contributed by atoms with Crippen LogP contribution in [0.4, 0.5) is 7.25 Å². The molecule has 0 saturated heterocycles. The van der Waals surface area contributed by atoms with Gasteiger partial charge in [-0.2, -0.15) is 0 Å². The van der Waals surface area contributed by atoms with Crippen molar-refractivity contribution < 1.29 is 12.0 Å². The van der Waals surface area contributed by atoms with Crippen molar-refractivity contribution in [3.05, 3.63) is 43.3 Å². The predicted octanol–water partition coefficient (Wildman–Crippen LogP) is 8.10. The van der Waals surface area contributed by atoms with Gasteiger partial charge in [-0.1, -0.05) is 20.8 Å². The number of carbonyl (C=O) groups is 1. The van der Waals surface area contributed by atoms with Crippen molar-refractivity contribution >= 4 is 26.2 Å². The van der Waals surface area contributed by atoms with Crippen molar-refractivity contribution in [2.24, 2.45) is 5.41 Å². The van der Waals surface area contributed by atoms with Gasteiger partial charge in [-0.3, -0.25) is 0 Å². The number of Topliss-reactive ketones (excluding diaryl/α,β-unsaturated/α-hetero) is 1. The molecule has 0 radical (unpaired) electrons. The molecule has 26 heavy (non-hydrogen) atoms. The third-order valence-corrected chi connectivity index (χ3v) is 7.47. The molecular formula is C22H33F2IO. The van der Waals surface area contributed by atoms with Crippen LogP contribution >= 0.6 is 20.4 Å². The van der Waals surface area contributed by atoms with E-state index in [2.05, 4.69) is 0 Å². The van der Waals surface area contributed by atoms with Gasteiger partial charge >= 0.3 is 145 Å². The van der Waals surface area contributed by atoms with Crippen molar-refractivity contribution in [1.82, 2.24) is 0 Å². The molecule has 0 aromatic heterocycles. The Morgan fingerprint density at radius 1 is 0.962 bits per heavy atom. The normalized spacial score (nSPS) is 13.0. The molecule has 0 aliphatic heterocycles. The number of unbranched alkanes of at least 4 members (excludes halogenated alkanes) is 5. The molecule has 1 nitrogen and oxygen atoms in total. The van der Waals surface area contributed by atoms with Gasteiger partial charge in [0.15, 0.2) is 0 Å². The average Bonchev–Trinajstić information content (AvgIpc) is 2.56. The topological polar surface area (TPSA) is 17.1 Å². The minimum atomic E-state index is -2.99. The first kappa shape index (κ1) is 23.3. The summed E-state index contributed by atoms with van der Waals surface area (Å²) in [6.07, 6.45) is 6.83. The summed E-state index contributed by atoms with van der Waals surface area (Å²) in [5, 5.41) is 0. The fourth-order valence-electron chi connectivity index (χ4n) is 2.54. The summed E-state index contributed by atoms with van der Waals surface area (Å²) in [6, 6.07) is 7.29. The van der Waals surface area contributed by atoms with Gasteiger partial charge in [0.2, 0.25) is 0 Å². The number of rotatable bonds is 11. The maximum atomic E-state index is 14.2. The predicted molar refractivity (Wildman–Crippen MR) is 116 cm³/mol. The van der Waals surface area contributed by atoms with Gasteiger partial charge in [0.1, 0.15) is 0 Å². The van der Waals surface area contributed by atoms with Crippen LogP contribution in [0, 0.1) is 15.9 Å². The van der Waals surface area contributed by atoms with E-state index < -0.39 is 20.4 Å². The van der Waals surface area contributed by atoms with Gasteiger partial charge in [-0.15, -0.1) is 0 Å². The van der Waals surface area contributed by atoms with Crippen LogP contribution in [-0.2, 0) is 4.79 Å². The van der Waals surface area contributed by atoms with Crippen LogP contribution in [-0.4, -0.2) is 5.78 Å². The summed E-state index contributed by atoms with van der Waals surface area (Å²) in [4.78, 5) is 11.8. The van der Waals surface area contributed by atoms with Crippen LogP contribution in [0.3, 0.4) is 0 Å². The number of carbonyl (C=O) groups excluding carboxylic acids is 1. The molecule has 0 aliphatic rings. The first-order valence-corrected chi connectivity index (χ1v) is 12.7. The van der Waals surface area contributed by atoms with Crippen LogP contribution in [0.25, 0.3) is 0 Å². The Balaban J connectivity index is 2.13. The molecule has 0 heterocycles. The second-order valence-corrected chi connectivity index (χ2v) is 11.3. The Hall–Kier alpha value is -0.780. The number of halogens is 3. The van der Waals surface area contributed by atoms with Crippen molar-refractivity contribution in [2.75, 3.05) is 0 Å². The fraction of sp³-hybridized carbons (Fsp3) is 0.591. The molecule has 1 rings (SSSR count). The van der Waals surface area contributed by atoms with Gasteiger partial charge in [0.05, 0.1) is 0 Å². The van der Waals surface area contributed by atoms with Gasteiger partial charge in [-0.05, 0) is 0 Å². The zero-order valence-electron chi connectivity index (χ0n) is 16.6. The quantitative estimate of drug-likeness (QED) is 0.232. The number of hydrogen-bond donors (Lipinski definition) is 0. The van der Waals surface area contributed by atoms with Crippen molar-refractivity contribution in [3.63, 3.8) is 0 Å². The Morgan fingerprint density at radius 3 is 2.00 bits per heavy atom. The standard InChI is InChI=1S/C22H33F2IO/c1-18-13-15-20(16-14-18)25(24)17-19(23)11-9-7-5-6-8-10-12-21(26)22(2,3)4/h13-17H,5-12H2,1-4H3/b19-17+. The zero-order valence-corrected chi connectivity index (χ0v) is 18.7. The molecule has 0 bridgehead atoms. The molecule has 4 heteroatoms. The van der Waals surface area contributed by atoms with Crippen molar-refractivity contribution in [3.8, 4) is 0 Å². The number of hydrogen-bond acceptors (Lipinski definition) is 1. The van der Waals surface area contributed by atoms with E-state index in [1.54, 1.807) is 12.1 Å². The minimum absolute atomic E-state index is 0.236. The van der Waals surface area contributed by atoms with Crippen LogP contribution in [0.1, 0.15) is 77.7 Å². The van der Waals surface area contributed by atoms with E-state index in [4.69, 9.17) is 0 Å². The van der Waals surface area contributed by atoms with Crippen LogP contribution in [0.15, 0.2) is 34.2 Å². The molecule has 0 spiro atoms. The first-order chi connectivity index (χ1) is 12.2. The van der Waals surface area contributed by atoms with Crippen LogP contribution < -0.4 is 0 Å². The third kappa shape index (κ3) is 9.79. The number of ketones is 1. The molecule has 148 valence electrons. The molecule has 0 amide bonds. The monoisotopic (exact) mass is 478 g/mol. The van der Waals surface area contributed by atoms with Crippen LogP contribution in [0.5, 0.6) is 0 Å². The van der Waals surface area contributed by atoms with Gasteiger partial charge in [0, 0.05) is 0 Å². The SMILES string of the molecule is Cc1ccc(I(F)/C=C(/F)CCCCCCCCC(=O)C(C)(C)C)cc1. The zero-order chi connectivity index (χ0) is 19.6. The van der Waals surface area contributed by atoms with Gasteiger partial charge in [-0.25, -0.2) is 0 Å². The van der Waals surface area contributed by atoms with Crippen molar-refractivity contribution in [1.29, 1.82) is 0 Å². The molecule has 0 saturated carbocycles. The van der Waals surface area contributed by atoms with E-state index in [9.17, 15) is 12.0 Å². The fourth-order valence-corrected chi connectivity index (χ4v) is 4.85. The number of allylic oxidation sites excluding steroid dienone is 1. The molecule has 0 atom stereocenters. The summed E-state index contributed by atoms with van der Waals surface area (Å²) < 4.78 is 30.0. The Bertz CT molecular complexity index is 573. The molecule has 0 N–H and O–H groups in total. The second kappa shape index (κ2) is 11.8. The van der Waals surface area contributed by atoms with E-state index in [1.807, 2.05) is 39.8 Å². The van der Waals surface area contributed by atoms with E-state index >= 15 is 0 Å². The van der Waals surface area contributed by atoms with Gasteiger partial charge < -0.3 is 0 Å². The molecule has 0 aliphatic carbocycles. The van der Waals surface area contributed by atoms with Gasteiger partial charge in [0.25, 0.3) is 0 Å². The summed E-state index contributed by atoms with van der Waals surface area (Å²) in [5.41, 5.74) is 0.853. The molecular weight excluding hydrogens is 445 g/mol. The number of aryl methyl sites for hydroxylation is 1. The second-order valence-electron chi connectivity index (χ2n) is 7.91. The molecule has 1 aromatic carbocycles. The average molecular weight is 478 g/mol. The first-order valence-electron chi connectivity index (χ1n) is 9.51. The van der Waals surface area contributed by atoms with E-state index in [0.717, 1.165) is 44.1 Å². The van der Waals surface area contributed by atoms with Crippen molar-refractivity contribution in [2.45, 2.75) is 79.1 Å². The summed E-state index contributed by atoms with van der Waals surface area (Å²) >= 11 is -2.99. The maximum absolute atomic E-state index is 14.2. The molecule has 1 aromatic rings. The summed E-state index contributed by atoms with van der Waals surface area (Å²) in [6.45, 7) is 7.84. The summed E-state index contributed by atoms with van der Waals surface area (Å²) in [5.74, 6) is 0.0258. The number of benzene rings is 1. The molecule has 0 unspecified atom stereocenters. The Labute approximate surface area is 165 Å². The van der Waals surface area contributed by atoms with E-state index in [-0.39, 0.29) is 11.2 Å². The van der Waals surface area contributed by atoms with E-state index in [1.165, 1.54) is 4.08 Å². The van der Waals surface area contributed by atoms with Crippen LogP contribution in [0.2, 0.25) is 0 Å².